The standard InChI is InChI=1S/C12H24N2O2/c1-12(2,3)13-9-11(15)14(7-8-16-4)10-5-6-10/h10,13H,5-9H2,1-4H3. The van der Waals surface area contributed by atoms with Crippen molar-refractivity contribution in [1.29, 1.82) is 0 Å². The highest BCUT2D eigenvalue weighted by atomic mass is 16.5. The van der Waals surface area contributed by atoms with Gasteiger partial charge in [-0.05, 0) is 33.6 Å². The van der Waals surface area contributed by atoms with Gasteiger partial charge >= 0.3 is 0 Å². The minimum Gasteiger partial charge on any atom is -0.383 e. The maximum absolute atomic E-state index is 12.0. The lowest BCUT2D eigenvalue weighted by atomic mass is 10.1. The van der Waals surface area contributed by atoms with Crippen LogP contribution in [0.2, 0.25) is 0 Å². The van der Waals surface area contributed by atoms with E-state index in [9.17, 15) is 4.79 Å². The molecular formula is C12H24N2O2. The van der Waals surface area contributed by atoms with E-state index >= 15 is 0 Å². The molecule has 1 amide bonds. The van der Waals surface area contributed by atoms with Gasteiger partial charge < -0.3 is 15.0 Å². The van der Waals surface area contributed by atoms with E-state index in [1.54, 1.807) is 7.11 Å². The van der Waals surface area contributed by atoms with Crippen LogP contribution in [0.4, 0.5) is 0 Å². The fraction of sp³-hybridized carbons (Fsp3) is 0.917. The number of nitrogens with zero attached hydrogens (tertiary/aromatic N) is 1. The Balaban J connectivity index is 2.35. The van der Waals surface area contributed by atoms with E-state index in [1.807, 2.05) is 4.90 Å². The van der Waals surface area contributed by atoms with Gasteiger partial charge in [-0.25, -0.2) is 0 Å². The van der Waals surface area contributed by atoms with Gasteiger partial charge in [-0.3, -0.25) is 4.79 Å². The van der Waals surface area contributed by atoms with E-state index in [-0.39, 0.29) is 11.4 Å². The van der Waals surface area contributed by atoms with Crippen molar-refractivity contribution in [3.8, 4) is 0 Å². The van der Waals surface area contributed by atoms with Gasteiger partial charge in [0.2, 0.25) is 5.91 Å². The van der Waals surface area contributed by atoms with Crippen molar-refractivity contribution in [2.24, 2.45) is 0 Å². The Labute approximate surface area is 98.3 Å². The lowest BCUT2D eigenvalue weighted by molar-refractivity contribution is -0.131. The molecule has 16 heavy (non-hydrogen) atoms. The highest BCUT2D eigenvalue weighted by Gasteiger charge is 2.32. The molecule has 0 bridgehead atoms. The number of rotatable bonds is 6. The molecule has 0 radical (unpaired) electrons. The smallest absolute Gasteiger partial charge is 0.236 e. The molecular weight excluding hydrogens is 204 g/mol. The van der Waals surface area contributed by atoms with Gasteiger partial charge in [0.05, 0.1) is 13.2 Å². The molecule has 4 heteroatoms. The summed E-state index contributed by atoms with van der Waals surface area (Å²) >= 11 is 0. The zero-order chi connectivity index (χ0) is 12.2. The van der Waals surface area contributed by atoms with Crippen LogP contribution in [0.25, 0.3) is 0 Å². The first kappa shape index (κ1) is 13.5. The Hall–Kier alpha value is -0.610. The van der Waals surface area contributed by atoms with E-state index < -0.39 is 0 Å². The van der Waals surface area contributed by atoms with Crippen molar-refractivity contribution in [2.75, 3.05) is 26.8 Å². The second kappa shape index (κ2) is 5.64. The minimum atomic E-state index is -0.00780. The first-order valence-corrected chi connectivity index (χ1v) is 5.97. The number of methoxy groups -OCH3 is 1. The Morgan fingerprint density at radius 2 is 2.06 bits per heavy atom. The predicted octanol–water partition coefficient (Wildman–Crippen LogP) is 1.01. The van der Waals surface area contributed by atoms with Crippen molar-refractivity contribution >= 4 is 5.91 Å². The maximum Gasteiger partial charge on any atom is 0.236 e. The van der Waals surface area contributed by atoms with Crippen LogP contribution in [0.15, 0.2) is 0 Å². The van der Waals surface area contributed by atoms with Crippen molar-refractivity contribution in [2.45, 2.75) is 45.2 Å². The SMILES string of the molecule is COCCN(C(=O)CNC(C)(C)C)C1CC1. The largest absolute Gasteiger partial charge is 0.383 e. The summed E-state index contributed by atoms with van der Waals surface area (Å²) in [6, 6.07) is 0.462. The summed E-state index contributed by atoms with van der Waals surface area (Å²) in [6.07, 6.45) is 2.29. The number of amides is 1. The average molecular weight is 228 g/mol. The summed E-state index contributed by atoms with van der Waals surface area (Å²) in [5.74, 6) is 0.189. The van der Waals surface area contributed by atoms with Crippen LogP contribution in [0.3, 0.4) is 0 Å². The van der Waals surface area contributed by atoms with Crippen LogP contribution >= 0.6 is 0 Å². The van der Waals surface area contributed by atoms with E-state index in [4.69, 9.17) is 4.74 Å². The molecule has 0 atom stereocenters. The Morgan fingerprint density at radius 1 is 1.44 bits per heavy atom. The Kier molecular flexibility index (Phi) is 4.74. The monoisotopic (exact) mass is 228 g/mol. The predicted molar refractivity (Wildman–Crippen MR) is 64.4 cm³/mol. The van der Waals surface area contributed by atoms with Gasteiger partial charge in [-0.1, -0.05) is 0 Å². The summed E-state index contributed by atoms with van der Waals surface area (Å²) in [5, 5.41) is 3.23. The second-order valence-corrected chi connectivity index (χ2v) is 5.41. The summed E-state index contributed by atoms with van der Waals surface area (Å²) in [6.45, 7) is 7.96. The van der Waals surface area contributed by atoms with Gasteiger partial charge in [-0.15, -0.1) is 0 Å². The summed E-state index contributed by atoms with van der Waals surface area (Å²) in [4.78, 5) is 13.9. The number of hydrogen-bond donors (Lipinski definition) is 1. The molecule has 94 valence electrons. The first-order chi connectivity index (χ1) is 7.44. The average Bonchev–Trinajstić information content (AvgIpc) is 2.98. The van der Waals surface area contributed by atoms with Gasteiger partial charge in [0.1, 0.15) is 0 Å². The zero-order valence-electron chi connectivity index (χ0n) is 10.9. The third kappa shape index (κ3) is 4.94. The van der Waals surface area contributed by atoms with Gasteiger partial charge in [0.25, 0.3) is 0 Å². The summed E-state index contributed by atoms with van der Waals surface area (Å²) in [7, 11) is 1.67. The van der Waals surface area contributed by atoms with Crippen LogP contribution in [0, 0.1) is 0 Å². The van der Waals surface area contributed by atoms with Gasteiger partial charge in [-0.2, -0.15) is 0 Å². The maximum atomic E-state index is 12.0. The molecule has 0 aromatic carbocycles. The van der Waals surface area contributed by atoms with Crippen LogP contribution < -0.4 is 5.32 Å². The molecule has 1 N–H and O–H groups in total. The van der Waals surface area contributed by atoms with Crippen LogP contribution in [-0.4, -0.2) is 49.2 Å². The van der Waals surface area contributed by atoms with Gasteiger partial charge in [0, 0.05) is 25.2 Å². The number of carbonyl (C=O) groups excluding carboxylic acids is 1. The van der Waals surface area contributed by atoms with Gasteiger partial charge in [0.15, 0.2) is 0 Å². The molecule has 0 spiro atoms. The summed E-state index contributed by atoms with van der Waals surface area (Å²) < 4.78 is 5.03. The molecule has 0 heterocycles. The molecule has 1 rings (SSSR count). The molecule has 1 aliphatic rings. The number of ether oxygens (including phenoxy) is 1. The lowest BCUT2D eigenvalue weighted by Crippen LogP contribution is -2.46. The number of nitrogens with one attached hydrogen (secondary N) is 1. The van der Waals surface area contributed by atoms with E-state index in [0.29, 0.717) is 25.7 Å². The van der Waals surface area contributed by atoms with Crippen LogP contribution in [0.1, 0.15) is 33.6 Å². The van der Waals surface area contributed by atoms with E-state index in [0.717, 1.165) is 12.8 Å². The highest BCUT2D eigenvalue weighted by Crippen LogP contribution is 2.26. The Morgan fingerprint density at radius 3 is 2.50 bits per heavy atom. The lowest BCUT2D eigenvalue weighted by Gasteiger charge is -2.25. The first-order valence-electron chi connectivity index (χ1n) is 5.97. The minimum absolute atomic E-state index is 0.00780. The quantitative estimate of drug-likeness (QED) is 0.738. The molecule has 1 saturated carbocycles. The topological polar surface area (TPSA) is 41.6 Å². The summed E-state index contributed by atoms with van der Waals surface area (Å²) in [5.41, 5.74) is -0.00780. The zero-order valence-corrected chi connectivity index (χ0v) is 10.9. The van der Waals surface area contributed by atoms with Crippen LogP contribution in [0.5, 0.6) is 0 Å². The fourth-order valence-corrected chi connectivity index (χ4v) is 1.53. The highest BCUT2D eigenvalue weighted by molar-refractivity contribution is 5.79. The molecule has 1 aliphatic carbocycles. The number of carbonyl (C=O) groups is 1. The van der Waals surface area contributed by atoms with Crippen molar-refractivity contribution in [1.82, 2.24) is 10.2 Å². The van der Waals surface area contributed by atoms with E-state index in [1.165, 1.54) is 0 Å². The molecule has 0 aliphatic heterocycles. The fourth-order valence-electron chi connectivity index (χ4n) is 1.53. The van der Waals surface area contributed by atoms with E-state index in [2.05, 4.69) is 26.1 Å². The molecule has 4 nitrogen and oxygen atoms in total. The Bertz CT molecular complexity index is 232. The van der Waals surface area contributed by atoms with Crippen molar-refractivity contribution in [3.05, 3.63) is 0 Å². The molecule has 0 aromatic heterocycles. The third-order valence-electron chi connectivity index (χ3n) is 2.61. The normalized spacial score (nSPS) is 16.2. The second-order valence-electron chi connectivity index (χ2n) is 5.41. The molecule has 0 aromatic rings. The van der Waals surface area contributed by atoms with Crippen molar-refractivity contribution < 1.29 is 9.53 Å². The molecule has 1 fully saturated rings. The third-order valence-corrected chi connectivity index (χ3v) is 2.61. The van der Waals surface area contributed by atoms with Crippen LogP contribution in [-0.2, 0) is 9.53 Å². The van der Waals surface area contributed by atoms with Crippen molar-refractivity contribution in [3.63, 3.8) is 0 Å². The molecule has 0 unspecified atom stereocenters. The number of hydrogen-bond acceptors (Lipinski definition) is 3. The molecule has 0 saturated heterocycles.